The fraction of sp³-hybridized carbons (Fsp3) is 0.391. The van der Waals surface area contributed by atoms with Gasteiger partial charge in [-0.05, 0) is 55.7 Å². The zero-order valence-corrected chi connectivity index (χ0v) is 17.0. The number of carbonyl (C=O) groups is 1. The fourth-order valence-corrected chi connectivity index (χ4v) is 5.09. The summed E-state index contributed by atoms with van der Waals surface area (Å²) in [6.07, 6.45) is 4.38. The summed E-state index contributed by atoms with van der Waals surface area (Å²) in [6.45, 7) is 2.84. The van der Waals surface area contributed by atoms with Crippen molar-refractivity contribution in [3.8, 4) is 5.75 Å². The molecule has 1 amide bonds. The van der Waals surface area contributed by atoms with Gasteiger partial charge in [0.25, 0.3) is 5.91 Å². The predicted molar refractivity (Wildman–Crippen MR) is 108 cm³/mol. The molecule has 162 valence electrons. The molecule has 2 aromatic rings. The van der Waals surface area contributed by atoms with Crippen LogP contribution in [-0.2, 0) is 0 Å². The smallest absolute Gasteiger partial charge is 0.257 e. The monoisotopic (exact) mass is 429 g/mol. The number of allylic oxidation sites excluding steroid dienone is 4. The lowest BCUT2D eigenvalue weighted by molar-refractivity contribution is -0.0741. The van der Waals surface area contributed by atoms with E-state index in [1.165, 1.54) is 18.2 Å². The molecule has 1 saturated heterocycles. The van der Waals surface area contributed by atoms with Gasteiger partial charge in [0.2, 0.25) is 0 Å². The number of hydrogen-bond acceptors (Lipinski definition) is 3. The van der Waals surface area contributed by atoms with Crippen LogP contribution in [0, 0.1) is 18.2 Å². The highest BCUT2D eigenvalue weighted by Gasteiger charge is 2.55. The summed E-state index contributed by atoms with van der Waals surface area (Å²) in [5, 5.41) is 14.0. The minimum atomic E-state index is -1.21. The van der Waals surface area contributed by atoms with Crippen molar-refractivity contribution in [2.24, 2.45) is 5.41 Å². The zero-order valence-electron chi connectivity index (χ0n) is 17.0. The number of amides is 1. The summed E-state index contributed by atoms with van der Waals surface area (Å²) >= 11 is 0. The maximum atomic E-state index is 14.4. The number of rotatable bonds is 3. The number of alkyl halides is 1. The van der Waals surface area contributed by atoms with Crippen molar-refractivity contribution in [1.82, 2.24) is 14.7 Å². The fourth-order valence-electron chi connectivity index (χ4n) is 5.09. The highest BCUT2D eigenvalue weighted by atomic mass is 19.1. The molecule has 1 spiro atoms. The van der Waals surface area contributed by atoms with E-state index in [9.17, 15) is 23.1 Å². The molecule has 1 saturated carbocycles. The maximum absolute atomic E-state index is 14.4. The van der Waals surface area contributed by atoms with Gasteiger partial charge in [-0.3, -0.25) is 9.48 Å². The van der Waals surface area contributed by atoms with Crippen molar-refractivity contribution in [2.45, 2.75) is 38.4 Å². The Bertz CT molecular complexity index is 1120. The third-order valence-corrected chi connectivity index (χ3v) is 6.61. The van der Waals surface area contributed by atoms with Gasteiger partial charge in [-0.1, -0.05) is 0 Å². The van der Waals surface area contributed by atoms with E-state index in [0.29, 0.717) is 24.4 Å². The van der Waals surface area contributed by atoms with E-state index in [-0.39, 0.29) is 29.2 Å². The van der Waals surface area contributed by atoms with Crippen LogP contribution in [0.25, 0.3) is 5.57 Å². The molecule has 0 radical (unpaired) electrons. The van der Waals surface area contributed by atoms with Crippen LogP contribution >= 0.6 is 0 Å². The van der Waals surface area contributed by atoms with Crippen molar-refractivity contribution in [3.63, 3.8) is 0 Å². The van der Waals surface area contributed by atoms with Gasteiger partial charge in [-0.25, -0.2) is 13.2 Å². The van der Waals surface area contributed by atoms with E-state index < -0.39 is 23.7 Å². The van der Waals surface area contributed by atoms with Gasteiger partial charge in [0, 0.05) is 30.5 Å². The number of phenolic OH excluding ortho intramolecular Hbond substituents is 1. The third kappa shape index (κ3) is 3.25. The number of aryl methyl sites for hydroxylation is 1. The minimum absolute atomic E-state index is 0.00943. The number of halogens is 3. The standard InChI is InChI=1S/C23H22F3N3O2/c1-13-10-27-29(21(13)17-6-14(24)2-4-19(17)25)15-8-23(9-15)11-28(12-23)22(31)18-7-16(30)3-5-20(18)26/h2-5,7,10,14-15,30H,6,8-9,11-12H2,1H3. The Morgan fingerprint density at radius 2 is 2.00 bits per heavy atom. The van der Waals surface area contributed by atoms with Gasteiger partial charge >= 0.3 is 0 Å². The Morgan fingerprint density at radius 3 is 2.74 bits per heavy atom. The van der Waals surface area contributed by atoms with Crippen molar-refractivity contribution >= 4 is 11.5 Å². The average molecular weight is 429 g/mol. The molecule has 5 nitrogen and oxygen atoms in total. The summed E-state index contributed by atoms with van der Waals surface area (Å²) < 4.78 is 44.0. The summed E-state index contributed by atoms with van der Waals surface area (Å²) in [4.78, 5) is 14.2. The van der Waals surface area contributed by atoms with Gasteiger partial charge in [-0.15, -0.1) is 0 Å². The number of hydrogen-bond donors (Lipinski definition) is 1. The second kappa shape index (κ2) is 7.00. The molecule has 1 aromatic heterocycles. The lowest BCUT2D eigenvalue weighted by Crippen LogP contribution is -2.64. The van der Waals surface area contributed by atoms with Crippen LogP contribution in [0.1, 0.15) is 46.9 Å². The van der Waals surface area contributed by atoms with Gasteiger partial charge in [0.15, 0.2) is 0 Å². The summed E-state index contributed by atoms with van der Waals surface area (Å²) in [6, 6.07) is 3.47. The second-order valence-electron chi connectivity index (χ2n) is 8.91. The summed E-state index contributed by atoms with van der Waals surface area (Å²) in [5.41, 5.74) is 1.59. The predicted octanol–water partition coefficient (Wildman–Crippen LogP) is 4.49. The third-order valence-electron chi connectivity index (χ3n) is 6.61. The summed E-state index contributed by atoms with van der Waals surface area (Å²) in [5.74, 6) is -1.68. The molecule has 2 fully saturated rings. The topological polar surface area (TPSA) is 58.4 Å². The van der Waals surface area contributed by atoms with E-state index in [1.807, 2.05) is 6.92 Å². The van der Waals surface area contributed by atoms with Crippen LogP contribution in [0.5, 0.6) is 5.75 Å². The number of phenols is 1. The molecule has 5 rings (SSSR count). The number of likely N-dealkylation sites (tertiary alicyclic amines) is 1. The van der Waals surface area contributed by atoms with Crippen LogP contribution in [0.15, 0.2) is 42.4 Å². The lowest BCUT2D eigenvalue weighted by atomic mass is 9.60. The van der Waals surface area contributed by atoms with Gasteiger partial charge in [0.1, 0.15) is 23.6 Å². The average Bonchev–Trinajstić information content (AvgIpc) is 3.04. The first-order valence-electron chi connectivity index (χ1n) is 10.3. The minimum Gasteiger partial charge on any atom is -0.508 e. The van der Waals surface area contributed by atoms with E-state index in [2.05, 4.69) is 5.10 Å². The zero-order chi connectivity index (χ0) is 21.9. The molecule has 1 N–H and O–H groups in total. The van der Waals surface area contributed by atoms with Crippen molar-refractivity contribution in [1.29, 1.82) is 0 Å². The highest BCUT2D eigenvalue weighted by molar-refractivity contribution is 5.95. The SMILES string of the molecule is Cc1cnn(C2CC3(C2)CN(C(=O)c2cc(O)ccc2F)C3)c1C1=C(F)C=CC(F)C1. The van der Waals surface area contributed by atoms with Crippen LogP contribution in [0.4, 0.5) is 13.2 Å². The van der Waals surface area contributed by atoms with E-state index in [1.54, 1.807) is 15.8 Å². The number of carbonyl (C=O) groups excluding carboxylic acids is 1. The molecule has 1 atom stereocenters. The number of aromatic hydroxyl groups is 1. The number of benzene rings is 1. The van der Waals surface area contributed by atoms with Crippen LogP contribution in [0.2, 0.25) is 0 Å². The van der Waals surface area contributed by atoms with Crippen molar-refractivity contribution in [2.75, 3.05) is 13.1 Å². The molecular formula is C23H22F3N3O2. The Kier molecular flexibility index (Phi) is 4.50. The van der Waals surface area contributed by atoms with Gasteiger partial charge < -0.3 is 10.0 Å². The first kappa shape index (κ1) is 19.9. The Hall–Kier alpha value is -3.03. The molecule has 3 aliphatic rings. The molecule has 2 heterocycles. The van der Waals surface area contributed by atoms with E-state index >= 15 is 0 Å². The number of nitrogens with zero attached hydrogens (tertiary/aromatic N) is 3. The molecule has 2 aliphatic carbocycles. The van der Waals surface area contributed by atoms with Crippen molar-refractivity contribution < 1.29 is 23.1 Å². The second-order valence-corrected chi connectivity index (χ2v) is 8.91. The maximum Gasteiger partial charge on any atom is 0.257 e. The Labute approximate surface area is 177 Å². The molecule has 8 heteroatoms. The van der Waals surface area contributed by atoms with Crippen LogP contribution < -0.4 is 0 Å². The Morgan fingerprint density at radius 1 is 1.26 bits per heavy atom. The van der Waals surface area contributed by atoms with Gasteiger partial charge in [0.05, 0.1) is 23.5 Å². The molecule has 1 unspecified atom stereocenters. The normalized spacial score (nSPS) is 22.6. The first-order valence-corrected chi connectivity index (χ1v) is 10.3. The quantitative estimate of drug-likeness (QED) is 0.782. The molecule has 31 heavy (non-hydrogen) atoms. The largest absolute Gasteiger partial charge is 0.508 e. The lowest BCUT2D eigenvalue weighted by Gasteiger charge is -2.59. The highest BCUT2D eigenvalue weighted by Crippen LogP contribution is 2.55. The van der Waals surface area contributed by atoms with E-state index in [4.69, 9.17) is 0 Å². The molecule has 1 aliphatic heterocycles. The van der Waals surface area contributed by atoms with Crippen molar-refractivity contribution in [3.05, 3.63) is 65.0 Å². The molecule has 0 bridgehead atoms. The van der Waals surface area contributed by atoms with Crippen LogP contribution in [-0.4, -0.2) is 45.0 Å². The van der Waals surface area contributed by atoms with Crippen LogP contribution in [0.3, 0.4) is 0 Å². The first-order chi connectivity index (χ1) is 14.8. The molecule has 1 aromatic carbocycles. The number of aromatic nitrogens is 2. The van der Waals surface area contributed by atoms with Gasteiger partial charge in [-0.2, -0.15) is 5.10 Å². The van der Waals surface area contributed by atoms with E-state index in [0.717, 1.165) is 30.5 Å². The summed E-state index contributed by atoms with van der Waals surface area (Å²) in [7, 11) is 0. The Balaban J connectivity index is 1.28. The molecular weight excluding hydrogens is 407 g/mol.